The Morgan fingerprint density at radius 3 is 2.83 bits per heavy atom. The highest BCUT2D eigenvalue weighted by molar-refractivity contribution is 6.10. The Morgan fingerprint density at radius 2 is 2.22 bits per heavy atom. The van der Waals surface area contributed by atoms with E-state index in [1.165, 1.54) is 17.1 Å². The maximum Gasteiger partial charge on any atom is 0.328 e. The molecule has 0 saturated heterocycles. The number of carbonyl (C=O) groups is 2. The third-order valence-corrected chi connectivity index (χ3v) is 2.20. The van der Waals surface area contributed by atoms with E-state index in [9.17, 15) is 9.59 Å². The van der Waals surface area contributed by atoms with Gasteiger partial charge in [-0.3, -0.25) is 14.6 Å². The van der Waals surface area contributed by atoms with E-state index in [-0.39, 0.29) is 5.69 Å². The standard InChI is InChI=1S/C10H9N5O3/c11-8(10(17)18)9(16)7-5-15(14-13-7)6-2-1-3-12-4-6/h1-5,8H,11H2,(H,17,18). The average molecular weight is 247 g/mol. The van der Waals surface area contributed by atoms with Crippen LogP contribution in [0.4, 0.5) is 0 Å². The van der Waals surface area contributed by atoms with Gasteiger partial charge in [0.2, 0.25) is 5.78 Å². The Balaban J connectivity index is 2.26. The number of nitrogens with two attached hydrogens (primary N) is 1. The molecule has 0 aliphatic heterocycles. The highest BCUT2D eigenvalue weighted by Gasteiger charge is 2.25. The normalized spacial score (nSPS) is 12.1. The smallest absolute Gasteiger partial charge is 0.328 e. The molecule has 2 rings (SSSR count). The zero-order valence-corrected chi connectivity index (χ0v) is 9.09. The lowest BCUT2D eigenvalue weighted by atomic mass is 10.1. The van der Waals surface area contributed by atoms with Crippen molar-refractivity contribution in [2.24, 2.45) is 5.73 Å². The fourth-order valence-corrected chi connectivity index (χ4v) is 1.26. The molecule has 0 aromatic carbocycles. The molecule has 0 aliphatic carbocycles. The van der Waals surface area contributed by atoms with Crippen LogP contribution < -0.4 is 5.73 Å². The molecule has 2 aromatic heterocycles. The van der Waals surface area contributed by atoms with Gasteiger partial charge in [0.1, 0.15) is 0 Å². The van der Waals surface area contributed by atoms with Gasteiger partial charge in [0.05, 0.1) is 18.1 Å². The summed E-state index contributed by atoms with van der Waals surface area (Å²) in [5.74, 6) is -2.20. The lowest BCUT2D eigenvalue weighted by molar-refractivity contribution is -0.137. The number of carbonyl (C=O) groups excluding carboxylic acids is 1. The van der Waals surface area contributed by atoms with Crippen molar-refractivity contribution in [3.8, 4) is 5.69 Å². The molecule has 1 unspecified atom stereocenters. The molecule has 18 heavy (non-hydrogen) atoms. The first-order valence-electron chi connectivity index (χ1n) is 4.95. The van der Waals surface area contributed by atoms with Gasteiger partial charge in [-0.1, -0.05) is 5.21 Å². The van der Waals surface area contributed by atoms with Crippen molar-refractivity contribution >= 4 is 11.8 Å². The fraction of sp³-hybridized carbons (Fsp3) is 0.100. The molecule has 0 bridgehead atoms. The van der Waals surface area contributed by atoms with Gasteiger partial charge >= 0.3 is 5.97 Å². The van der Waals surface area contributed by atoms with E-state index >= 15 is 0 Å². The van der Waals surface area contributed by atoms with Crippen LogP contribution in [0, 0.1) is 0 Å². The summed E-state index contributed by atoms with van der Waals surface area (Å²) >= 11 is 0. The van der Waals surface area contributed by atoms with Crippen molar-refractivity contribution in [3.05, 3.63) is 36.4 Å². The van der Waals surface area contributed by atoms with Gasteiger partial charge in [0, 0.05) is 6.20 Å². The Bertz CT molecular complexity index is 580. The predicted octanol–water partition coefficient (Wildman–Crippen LogP) is -0.743. The largest absolute Gasteiger partial charge is 0.480 e. The van der Waals surface area contributed by atoms with Crippen LogP contribution in [0.15, 0.2) is 30.7 Å². The van der Waals surface area contributed by atoms with E-state index in [4.69, 9.17) is 10.8 Å². The van der Waals surface area contributed by atoms with Gasteiger partial charge in [0.15, 0.2) is 11.7 Å². The molecular weight excluding hydrogens is 238 g/mol. The molecule has 0 radical (unpaired) electrons. The SMILES string of the molecule is NC(C(=O)O)C(=O)c1cn(-c2cccnc2)nn1. The molecule has 2 aromatic rings. The molecular formula is C10H9N5O3. The fourth-order valence-electron chi connectivity index (χ4n) is 1.26. The van der Waals surface area contributed by atoms with E-state index < -0.39 is 17.8 Å². The van der Waals surface area contributed by atoms with Crippen molar-refractivity contribution in [1.29, 1.82) is 0 Å². The van der Waals surface area contributed by atoms with Gasteiger partial charge < -0.3 is 10.8 Å². The van der Waals surface area contributed by atoms with Crippen LogP contribution in [0.5, 0.6) is 0 Å². The van der Waals surface area contributed by atoms with Crippen molar-refractivity contribution in [1.82, 2.24) is 20.0 Å². The number of hydrogen-bond donors (Lipinski definition) is 2. The van der Waals surface area contributed by atoms with Crippen LogP contribution in [0.1, 0.15) is 10.5 Å². The Hall–Kier alpha value is -2.61. The van der Waals surface area contributed by atoms with Crippen LogP contribution in [0.25, 0.3) is 5.69 Å². The number of aliphatic carboxylic acids is 1. The molecule has 92 valence electrons. The molecule has 1 atom stereocenters. The number of nitrogens with zero attached hydrogens (tertiary/aromatic N) is 4. The molecule has 8 nitrogen and oxygen atoms in total. The number of pyridine rings is 1. The highest BCUT2D eigenvalue weighted by atomic mass is 16.4. The first kappa shape index (κ1) is 11.9. The molecule has 0 amide bonds. The van der Waals surface area contributed by atoms with Crippen LogP contribution in [-0.2, 0) is 4.79 Å². The number of rotatable bonds is 4. The number of hydrogen-bond acceptors (Lipinski definition) is 6. The summed E-state index contributed by atoms with van der Waals surface area (Å²) < 4.78 is 1.31. The summed E-state index contributed by atoms with van der Waals surface area (Å²) in [6, 6.07) is 1.78. The van der Waals surface area contributed by atoms with Gasteiger partial charge in [0.25, 0.3) is 0 Å². The Morgan fingerprint density at radius 1 is 1.44 bits per heavy atom. The Labute approximate surface area is 101 Å². The summed E-state index contributed by atoms with van der Waals surface area (Å²) in [4.78, 5) is 26.1. The number of aromatic nitrogens is 4. The van der Waals surface area contributed by atoms with E-state index in [0.29, 0.717) is 5.69 Å². The number of Topliss-reactive ketones (excluding diaryl/α,β-unsaturated/α-hetero) is 1. The monoisotopic (exact) mass is 247 g/mol. The zero-order valence-electron chi connectivity index (χ0n) is 9.09. The maximum absolute atomic E-state index is 11.6. The second-order valence-corrected chi connectivity index (χ2v) is 3.44. The number of ketones is 1. The molecule has 0 saturated carbocycles. The molecule has 0 aliphatic rings. The minimum atomic E-state index is -1.64. The van der Waals surface area contributed by atoms with Crippen molar-refractivity contribution in [2.75, 3.05) is 0 Å². The number of carboxylic acids is 1. The molecule has 2 heterocycles. The van der Waals surface area contributed by atoms with Gasteiger partial charge in [-0.05, 0) is 12.1 Å². The lowest BCUT2D eigenvalue weighted by Gasteiger charge is -2.00. The summed E-state index contributed by atoms with van der Waals surface area (Å²) in [6.45, 7) is 0. The zero-order chi connectivity index (χ0) is 13.1. The second-order valence-electron chi connectivity index (χ2n) is 3.44. The van der Waals surface area contributed by atoms with Crippen molar-refractivity contribution in [2.45, 2.75) is 6.04 Å². The van der Waals surface area contributed by atoms with E-state index in [2.05, 4.69) is 15.3 Å². The highest BCUT2D eigenvalue weighted by Crippen LogP contribution is 2.05. The summed E-state index contributed by atoms with van der Waals surface area (Å²) in [5, 5.41) is 15.9. The maximum atomic E-state index is 11.6. The first-order chi connectivity index (χ1) is 8.59. The third kappa shape index (κ3) is 2.23. The van der Waals surface area contributed by atoms with Crippen LogP contribution >= 0.6 is 0 Å². The van der Waals surface area contributed by atoms with Crippen molar-refractivity contribution in [3.63, 3.8) is 0 Å². The third-order valence-electron chi connectivity index (χ3n) is 2.20. The van der Waals surface area contributed by atoms with Gasteiger partial charge in [-0.25, -0.2) is 4.68 Å². The van der Waals surface area contributed by atoms with Gasteiger partial charge in [-0.15, -0.1) is 5.10 Å². The summed E-state index contributed by atoms with van der Waals surface area (Å²) in [6.07, 6.45) is 4.43. The van der Waals surface area contributed by atoms with Crippen molar-refractivity contribution < 1.29 is 14.7 Å². The van der Waals surface area contributed by atoms with E-state index in [0.717, 1.165) is 0 Å². The molecule has 0 fully saturated rings. The van der Waals surface area contributed by atoms with Gasteiger partial charge in [-0.2, -0.15) is 0 Å². The number of carboxylic acid groups (broad SMARTS) is 1. The summed E-state index contributed by atoms with van der Waals surface area (Å²) in [7, 11) is 0. The molecule has 0 spiro atoms. The predicted molar refractivity (Wildman–Crippen MR) is 59.1 cm³/mol. The lowest BCUT2D eigenvalue weighted by Crippen LogP contribution is -2.38. The topological polar surface area (TPSA) is 124 Å². The summed E-state index contributed by atoms with van der Waals surface area (Å²) in [5.41, 5.74) is 5.70. The minimum absolute atomic E-state index is 0.103. The molecule has 3 N–H and O–H groups in total. The van der Waals surface area contributed by atoms with Crippen LogP contribution in [-0.4, -0.2) is 42.9 Å². The first-order valence-corrected chi connectivity index (χ1v) is 4.95. The van der Waals surface area contributed by atoms with E-state index in [1.54, 1.807) is 18.3 Å². The molecule has 8 heteroatoms. The second kappa shape index (κ2) is 4.72. The van der Waals surface area contributed by atoms with E-state index in [1.807, 2.05) is 0 Å². The minimum Gasteiger partial charge on any atom is -0.480 e. The van der Waals surface area contributed by atoms with Crippen LogP contribution in [0.2, 0.25) is 0 Å². The average Bonchev–Trinajstić information content (AvgIpc) is 2.87. The quantitative estimate of drug-likeness (QED) is 0.538. The Kier molecular flexibility index (Phi) is 3.11. The van der Waals surface area contributed by atoms with Crippen LogP contribution in [0.3, 0.4) is 0 Å².